The highest BCUT2D eigenvalue weighted by molar-refractivity contribution is 5.92. The van der Waals surface area contributed by atoms with E-state index in [0.717, 1.165) is 22.3 Å². The average Bonchev–Trinajstić information content (AvgIpc) is 2.55. The summed E-state index contributed by atoms with van der Waals surface area (Å²) < 4.78 is 0. The molecule has 3 rings (SSSR count). The zero-order valence-electron chi connectivity index (χ0n) is 12.4. The number of benzene rings is 3. The smallest absolute Gasteiger partial charge is 0.335 e. The highest BCUT2D eigenvalue weighted by Gasteiger charge is 2.10. The van der Waals surface area contributed by atoms with Gasteiger partial charge in [-0.1, -0.05) is 24.3 Å². The number of aromatic carboxylic acids is 1. The zero-order chi connectivity index (χ0) is 16.4. The maximum Gasteiger partial charge on any atom is 0.335 e. The summed E-state index contributed by atoms with van der Waals surface area (Å²) in [6.45, 7) is 0. The summed E-state index contributed by atoms with van der Waals surface area (Å²) in [5, 5.41) is 9.38. The van der Waals surface area contributed by atoms with Gasteiger partial charge >= 0.3 is 5.97 Å². The van der Waals surface area contributed by atoms with Gasteiger partial charge in [0, 0.05) is 11.4 Å². The monoisotopic (exact) mass is 304 g/mol. The van der Waals surface area contributed by atoms with Gasteiger partial charge < -0.3 is 16.6 Å². The molecule has 0 bridgehead atoms. The van der Waals surface area contributed by atoms with Crippen molar-refractivity contribution in [3.8, 4) is 22.3 Å². The fourth-order valence-corrected chi connectivity index (χ4v) is 2.44. The van der Waals surface area contributed by atoms with Crippen LogP contribution in [0.3, 0.4) is 0 Å². The van der Waals surface area contributed by atoms with E-state index < -0.39 is 5.97 Å². The first kappa shape index (κ1) is 14.7. The van der Waals surface area contributed by atoms with Crippen molar-refractivity contribution in [2.24, 2.45) is 0 Å². The lowest BCUT2D eigenvalue weighted by Gasteiger charge is -2.09. The van der Waals surface area contributed by atoms with Gasteiger partial charge in [0.05, 0.1) is 5.56 Å². The first-order valence-electron chi connectivity index (χ1n) is 7.13. The molecule has 3 aromatic rings. The van der Waals surface area contributed by atoms with Crippen molar-refractivity contribution in [1.82, 2.24) is 0 Å². The maximum absolute atomic E-state index is 11.4. The van der Waals surface area contributed by atoms with E-state index in [-0.39, 0.29) is 5.56 Å². The molecule has 4 nitrogen and oxygen atoms in total. The van der Waals surface area contributed by atoms with Crippen LogP contribution in [0, 0.1) is 0 Å². The molecule has 0 aliphatic heterocycles. The number of hydrogen-bond acceptors (Lipinski definition) is 3. The lowest BCUT2D eigenvalue weighted by atomic mass is 9.96. The minimum absolute atomic E-state index is 0.242. The minimum Gasteiger partial charge on any atom is -0.478 e. The predicted octanol–water partition coefficient (Wildman–Crippen LogP) is 3.88. The van der Waals surface area contributed by atoms with Gasteiger partial charge in [-0.2, -0.15) is 0 Å². The molecule has 4 heteroatoms. The largest absolute Gasteiger partial charge is 0.478 e. The molecular weight excluding hydrogens is 288 g/mol. The Kier molecular flexibility index (Phi) is 3.73. The first-order chi connectivity index (χ1) is 11.0. The molecule has 0 saturated carbocycles. The summed E-state index contributed by atoms with van der Waals surface area (Å²) >= 11 is 0. The van der Waals surface area contributed by atoms with Crippen molar-refractivity contribution in [2.75, 3.05) is 11.5 Å². The molecule has 0 aliphatic rings. The van der Waals surface area contributed by atoms with Crippen LogP contribution in [0.5, 0.6) is 0 Å². The average molecular weight is 304 g/mol. The summed E-state index contributed by atoms with van der Waals surface area (Å²) in [5.74, 6) is -0.959. The maximum atomic E-state index is 11.4. The minimum atomic E-state index is -0.959. The van der Waals surface area contributed by atoms with Crippen LogP contribution in [0.4, 0.5) is 11.4 Å². The molecular formula is C19H16N2O2. The molecule has 0 atom stereocenters. The van der Waals surface area contributed by atoms with E-state index in [9.17, 15) is 9.90 Å². The van der Waals surface area contributed by atoms with Gasteiger partial charge in [-0.15, -0.1) is 0 Å². The molecule has 0 unspecified atom stereocenters. The van der Waals surface area contributed by atoms with Crippen molar-refractivity contribution in [1.29, 1.82) is 0 Å². The van der Waals surface area contributed by atoms with Crippen molar-refractivity contribution in [3.63, 3.8) is 0 Å². The van der Waals surface area contributed by atoms with Gasteiger partial charge in [0.1, 0.15) is 0 Å². The highest BCUT2D eigenvalue weighted by Crippen LogP contribution is 2.29. The molecule has 0 fully saturated rings. The van der Waals surface area contributed by atoms with Crippen LogP contribution in [0.15, 0.2) is 66.7 Å². The van der Waals surface area contributed by atoms with E-state index in [2.05, 4.69) is 0 Å². The Balaban J connectivity index is 2.15. The molecule has 23 heavy (non-hydrogen) atoms. The van der Waals surface area contributed by atoms with Crippen LogP contribution in [-0.2, 0) is 0 Å². The fourth-order valence-electron chi connectivity index (χ4n) is 2.44. The number of carbonyl (C=O) groups is 1. The molecule has 0 radical (unpaired) electrons. The Morgan fingerprint density at radius 3 is 1.39 bits per heavy atom. The third-order valence-corrected chi connectivity index (χ3v) is 3.67. The Morgan fingerprint density at radius 2 is 1.04 bits per heavy atom. The Labute approximate surface area is 134 Å². The molecule has 0 aliphatic carbocycles. The van der Waals surface area contributed by atoms with Gasteiger partial charge in [0.2, 0.25) is 0 Å². The van der Waals surface area contributed by atoms with Crippen LogP contribution in [0.25, 0.3) is 22.3 Å². The summed E-state index contributed by atoms with van der Waals surface area (Å²) in [4.78, 5) is 11.4. The third kappa shape index (κ3) is 3.16. The molecule has 114 valence electrons. The normalized spacial score (nSPS) is 10.4. The number of nitrogen functional groups attached to an aromatic ring is 2. The number of nitrogens with two attached hydrogens (primary N) is 2. The standard InChI is InChI=1S/C19H16N2O2/c20-17-5-1-12(2-6-17)14-9-15(11-16(10-14)19(22)23)13-3-7-18(21)8-4-13/h1-11H,20-21H2,(H,22,23). The number of carboxylic acids is 1. The summed E-state index contributed by atoms with van der Waals surface area (Å²) in [5.41, 5.74) is 16.5. The number of anilines is 2. The number of hydrogen-bond donors (Lipinski definition) is 3. The van der Waals surface area contributed by atoms with Gasteiger partial charge in [-0.3, -0.25) is 0 Å². The van der Waals surface area contributed by atoms with Gasteiger partial charge in [-0.25, -0.2) is 4.79 Å². The Morgan fingerprint density at radius 1 is 0.652 bits per heavy atom. The topological polar surface area (TPSA) is 89.3 Å². The van der Waals surface area contributed by atoms with E-state index in [4.69, 9.17) is 11.5 Å². The lowest BCUT2D eigenvalue weighted by molar-refractivity contribution is 0.0697. The van der Waals surface area contributed by atoms with E-state index in [1.54, 1.807) is 36.4 Å². The van der Waals surface area contributed by atoms with Crippen molar-refractivity contribution in [2.45, 2.75) is 0 Å². The van der Waals surface area contributed by atoms with Gasteiger partial charge in [-0.05, 0) is 64.7 Å². The molecule has 0 heterocycles. The lowest BCUT2D eigenvalue weighted by Crippen LogP contribution is -1.97. The quantitative estimate of drug-likeness (QED) is 0.640. The van der Waals surface area contributed by atoms with Crippen LogP contribution >= 0.6 is 0 Å². The molecule has 0 aromatic heterocycles. The van der Waals surface area contributed by atoms with Gasteiger partial charge in [0.15, 0.2) is 0 Å². The van der Waals surface area contributed by atoms with Crippen LogP contribution in [0.2, 0.25) is 0 Å². The van der Waals surface area contributed by atoms with E-state index in [0.29, 0.717) is 11.4 Å². The zero-order valence-corrected chi connectivity index (χ0v) is 12.4. The first-order valence-corrected chi connectivity index (χ1v) is 7.13. The highest BCUT2D eigenvalue weighted by atomic mass is 16.4. The van der Waals surface area contributed by atoms with Crippen molar-refractivity contribution in [3.05, 3.63) is 72.3 Å². The third-order valence-electron chi connectivity index (χ3n) is 3.67. The van der Waals surface area contributed by atoms with E-state index in [1.165, 1.54) is 0 Å². The van der Waals surface area contributed by atoms with Crippen LogP contribution in [0.1, 0.15) is 10.4 Å². The molecule has 0 amide bonds. The van der Waals surface area contributed by atoms with E-state index in [1.807, 2.05) is 30.3 Å². The molecule has 0 saturated heterocycles. The van der Waals surface area contributed by atoms with Crippen LogP contribution < -0.4 is 11.5 Å². The number of rotatable bonds is 3. The Bertz CT molecular complexity index is 790. The predicted molar refractivity (Wildman–Crippen MR) is 93.1 cm³/mol. The fraction of sp³-hybridized carbons (Fsp3) is 0. The Hall–Kier alpha value is -3.27. The molecule has 0 spiro atoms. The van der Waals surface area contributed by atoms with Crippen molar-refractivity contribution < 1.29 is 9.90 Å². The number of carboxylic acid groups (broad SMARTS) is 1. The second-order valence-electron chi connectivity index (χ2n) is 5.35. The second kappa shape index (κ2) is 5.85. The molecule has 5 N–H and O–H groups in total. The SMILES string of the molecule is Nc1ccc(-c2cc(C(=O)O)cc(-c3ccc(N)cc3)c2)cc1. The van der Waals surface area contributed by atoms with Crippen molar-refractivity contribution >= 4 is 17.3 Å². The summed E-state index contributed by atoms with van der Waals surface area (Å²) in [6.07, 6.45) is 0. The van der Waals surface area contributed by atoms with Gasteiger partial charge in [0.25, 0.3) is 0 Å². The summed E-state index contributed by atoms with van der Waals surface area (Å²) in [7, 11) is 0. The molecule has 3 aromatic carbocycles. The van der Waals surface area contributed by atoms with Crippen LogP contribution in [-0.4, -0.2) is 11.1 Å². The van der Waals surface area contributed by atoms with E-state index >= 15 is 0 Å². The summed E-state index contributed by atoms with van der Waals surface area (Å²) in [6, 6.07) is 20.0. The second-order valence-corrected chi connectivity index (χ2v) is 5.35.